The van der Waals surface area contributed by atoms with Crippen LogP contribution in [0, 0.1) is 5.92 Å². The van der Waals surface area contributed by atoms with Crippen molar-refractivity contribution in [1.82, 2.24) is 10.2 Å². The molecule has 0 bridgehead atoms. The Morgan fingerprint density at radius 3 is 2.74 bits per heavy atom. The molecule has 2 rings (SSSR count). The fourth-order valence-corrected chi connectivity index (χ4v) is 3.51. The number of carbonyl (C=O) groups is 1. The summed E-state index contributed by atoms with van der Waals surface area (Å²) in [5.74, 6) is 0.257. The zero-order valence-corrected chi connectivity index (χ0v) is 14.9. The minimum absolute atomic E-state index is 0.167. The second kappa shape index (κ2) is 7.67. The first kappa shape index (κ1) is 18.3. The van der Waals surface area contributed by atoms with Crippen molar-refractivity contribution in [3.05, 3.63) is 12.2 Å². The van der Waals surface area contributed by atoms with Crippen LogP contribution in [0.4, 0.5) is 4.79 Å². The highest BCUT2D eigenvalue weighted by Gasteiger charge is 2.34. The lowest BCUT2D eigenvalue weighted by Gasteiger charge is -2.40. The van der Waals surface area contributed by atoms with E-state index in [-0.39, 0.29) is 36.7 Å². The average Bonchev–Trinajstić information content (AvgIpc) is 2.93. The lowest BCUT2D eigenvalue weighted by Crippen LogP contribution is -2.55. The summed E-state index contributed by atoms with van der Waals surface area (Å²) in [5.41, 5.74) is -0.460. The first-order valence-electron chi connectivity index (χ1n) is 8.85. The standard InChI is InChI=1S/C18H32N2O3/c1-13(19-15-9-8-14(11-15)12-21)16-7-5-6-10-20(16)17(22)23-18(2,3)4/h8-9,13-16,19,21H,5-7,10-12H2,1-4H3/t13-,14-,15+,16-/m0/s1. The highest BCUT2D eigenvalue weighted by molar-refractivity contribution is 5.68. The number of aliphatic hydroxyl groups excluding tert-OH is 1. The first-order chi connectivity index (χ1) is 10.8. The number of amides is 1. The van der Waals surface area contributed by atoms with Gasteiger partial charge in [-0.15, -0.1) is 0 Å². The number of aliphatic hydroxyl groups is 1. The molecule has 1 saturated heterocycles. The molecule has 2 aliphatic rings. The fourth-order valence-electron chi connectivity index (χ4n) is 3.51. The molecular weight excluding hydrogens is 292 g/mol. The maximum absolute atomic E-state index is 12.5. The third-order valence-corrected chi connectivity index (χ3v) is 4.64. The van der Waals surface area contributed by atoms with Crippen LogP contribution in [0.5, 0.6) is 0 Å². The Morgan fingerprint density at radius 1 is 1.39 bits per heavy atom. The molecule has 4 atom stereocenters. The summed E-state index contributed by atoms with van der Waals surface area (Å²) >= 11 is 0. The van der Waals surface area contributed by atoms with Gasteiger partial charge < -0.3 is 20.1 Å². The third kappa shape index (κ3) is 5.21. The number of nitrogens with one attached hydrogen (secondary N) is 1. The molecule has 2 N–H and O–H groups in total. The summed E-state index contributed by atoms with van der Waals surface area (Å²) < 4.78 is 5.57. The summed E-state index contributed by atoms with van der Waals surface area (Å²) in [4.78, 5) is 14.4. The maximum atomic E-state index is 12.5. The molecule has 132 valence electrons. The van der Waals surface area contributed by atoms with Crippen molar-refractivity contribution in [3.63, 3.8) is 0 Å². The molecule has 0 spiro atoms. The van der Waals surface area contributed by atoms with Crippen molar-refractivity contribution in [2.45, 2.75) is 77.1 Å². The molecule has 23 heavy (non-hydrogen) atoms. The zero-order chi connectivity index (χ0) is 17.0. The van der Waals surface area contributed by atoms with Gasteiger partial charge in [-0.25, -0.2) is 4.79 Å². The lowest BCUT2D eigenvalue weighted by atomic mass is 9.96. The number of rotatable bonds is 4. The summed E-state index contributed by atoms with van der Waals surface area (Å²) in [7, 11) is 0. The fraction of sp³-hybridized carbons (Fsp3) is 0.833. The smallest absolute Gasteiger partial charge is 0.410 e. The molecule has 5 heteroatoms. The predicted molar refractivity (Wildman–Crippen MR) is 91.3 cm³/mol. The molecule has 1 aliphatic carbocycles. The molecule has 0 aromatic rings. The zero-order valence-electron chi connectivity index (χ0n) is 14.9. The minimum Gasteiger partial charge on any atom is -0.444 e. The second-order valence-electron chi connectivity index (χ2n) is 7.86. The van der Waals surface area contributed by atoms with Gasteiger partial charge in [0.25, 0.3) is 0 Å². The van der Waals surface area contributed by atoms with Gasteiger partial charge in [0.2, 0.25) is 0 Å². The van der Waals surface area contributed by atoms with Crippen LogP contribution in [0.3, 0.4) is 0 Å². The largest absolute Gasteiger partial charge is 0.444 e. The second-order valence-corrected chi connectivity index (χ2v) is 7.86. The lowest BCUT2D eigenvalue weighted by molar-refractivity contribution is 0.00523. The normalized spacial score (nSPS) is 29.6. The monoisotopic (exact) mass is 324 g/mol. The first-order valence-corrected chi connectivity index (χ1v) is 8.85. The number of nitrogens with zero attached hydrogens (tertiary/aromatic N) is 1. The molecule has 1 fully saturated rings. The Hall–Kier alpha value is -1.07. The van der Waals surface area contributed by atoms with Crippen LogP contribution in [0.25, 0.3) is 0 Å². The van der Waals surface area contributed by atoms with E-state index in [1.165, 1.54) is 0 Å². The van der Waals surface area contributed by atoms with E-state index < -0.39 is 5.60 Å². The minimum atomic E-state index is -0.460. The van der Waals surface area contributed by atoms with E-state index in [0.717, 1.165) is 32.2 Å². The molecule has 1 aliphatic heterocycles. The Kier molecular flexibility index (Phi) is 6.09. The van der Waals surface area contributed by atoms with Gasteiger partial charge in [-0.1, -0.05) is 12.2 Å². The van der Waals surface area contributed by atoms with E-state index in [1.54, 1.807) is 0 Å². The highest BCUT2D eigenvalue weighted by Crippen LogP contribution is 2.24. The number of hydrogen-bond acceptors (Lipinski definition) is 4. The Balaban J connectivity index is 1.94. The van der Waals surface area contributed by atoms with Gasteiger partial charge >= 0.3 is 6.09 Å². The van der Waals surface area contributed by atoms with E-state index in [9.17, 15) is 9.90 Å². The van der Waals surface area contributed by atoms with Crippen molar-refractivity contribution < 1.29 is 14.6 Å². The summed E-state index contributed by atoms with van der Waals surface area (Å²) in [6.07, 6.45) is 8.14. The van der Waals surface area contributed by atoms with E-state index in [0.29, 0.717) is 0 Å². The van der Waals surface area contributed by atoms with Crippen LogP contribution < -0.4 is 5.32 Å². The molecular formula is C18H32N2O3. The van der Waals surface area contributed by atoms with Crippen molar-refractivity contribution >= 4 is 6.09 Å². The van der Waals surface area contributed by atoms with E-state index in [4.69, 9.17) is 4.74 Å². The van der Waals surface area contributed by atoms with E-state index in [1.807, 2.05) is 25.7 Å². The highest BCUT2D eigenvalue weighted by atomic mass is 16.6. The quantitative estimate of drug-likeness (QED) is 0.781. The van der Waals surface area contributed by atoms with Crippen LogP contribution in [0.2, 0.25) is 0 Å². The number of carbonyl (C=O) groups excluding carboxylic acids is 1. The van der Waals surface area contributed by atoms with Crippen molar-refractivity contribution in [2.75, 3.05) is 13.2 Å². The van der Waals surface area contributed by atoms with E-state index in [2.05, 4.69) is 24.4 Å². The van der Waals surface area contributed by atoms with Crippen molar-refractivity contribution in [3.8, 4) is 0 Å². The number of ether oxygens (including phenoxy) is 1. The average molecular weight is 324 g/mol. The molecule has 0 aromatic heterocycles. The Labute approximate surface area is 140 Å². The molecule has 0 radical (unpaired) electrons. The maximum Gasteiger partial charge on any atom is 0.410 e. The van der Waals surface area contributed by atoms with Crippen LogP contribution in [0.1, 0.15) is 53.4 Å². The number of piperidine rings is 1. The Morgan fingerprint density at radius 2 is 2.13 bits per heavy atom. The van der Waals surface area contributed by atoms with Crippen molar-refractivity contribution in [2.24, 2.45) is 5.92 Å². The van der Waals surface area contributed by atoms with Crippen LogP contribution in [-0.2, 0) is 4.74 Å². The van der Waals surface area contributed by atoms with Gasteiger partial charge in [0.1, 0.15) is 5.60 Å². The topological polar surface area (TPSA) is 61.8 Å². The molecule has 1 amide bonds. The van der Waals surface area contributed by atoms with Gasteiger partial charge in [0, 0.05) is 31.2 Å². The van der Waals surface area contributed by atoms with Gasteiger partial charge in [-0.3, -0.25) is 0 Å². The molecule has 0 aromatic carbocycles. The van der Waals surface area contributed by atoms with Gasteiger partial charge in [-0.2, -0.15) is 0 Å². The molecule has 0 unspecified atom stereocenters. The van der Waals surface area contributed by atoms with Gasteiger partial charge in [0.15, 0.2) is 0 Å². The summed E-state index contributed by atoms with van der Waals surface area (Å²) in [5, 5.41) is 12.9. The van der Waals surface area contributed by atoms with Gasteiger partial charge in [0.05, 0.1) is 6.04 Å². The number of hydrogen-bond donors (Lipinski definition) is 2. The molecule has 1 heterocycles. The summed E-state index contributed by atoms with van der Waals surface area (Å²) in [6, 6.07) is 0.652. The Bertz CT molecular complexity index is 430. The van der Waals surface area contributed by atoms with E-state index >= 15 is 0 Å². The van der Waals surface area contributed by atoms with Crippen LogP contribution >= 0.6 is 0 Å². The third-order valence-electron chi connectivity index (χ3n) is 4.64. The van der Waals surface area contributed by atoms with Crippen LogP contribution in [-0.4, -0.2) is 53.0 Å². The number of likely N-dealkylation sites (tertiary alicyclic amines) is 1. The SMILES string of the molecule is C[C@H](N[C@@H]1C=C[C@H](CO)C1)[C@@H]1CCCCN1C(=O)OC(C)(C)C. The summed E-state index contributed by atoms with van der Waals surface area (Å²) in [6.45, 7) is 8.84. The van der Waals surface area contributed by atoms with Crippen molar-refractivity contribution in [1.29, 1.82) is 0 Å². The molecule has 5 nitrogen and oxygen atoms in total. The molecule has 0 saturated carbocycles. The predicted octanol–water partition coefficient (Wildman–Crippen LogP) is 2.69. The van der Waals surface area contributed by atoms with Crippen LogP contribution in [0.15, 0.2) is 12.2 Å². The van der Waals surface area contributed by atoms with Gasteiger partial charge in [-0.05, 0) is 53.4 Å².